The van der Waals surface area contributed by atoms with Crippen molar-refractivity contribution < 1.29 is 9.47 Å². The first kappa shape index (κ1) is 10.4. The van der Waals surface area contributed by atoms with Crippen LogP contribution in [0.1, 0.15) is 0 Å². The Balaban J connectivity index is 2.46. The van der Waals surface area contributed by atoms with Gasteiger partial charge in [-0.05, 0) is 12.1 Å². The highest BCUT2D eigenvalue weighted by atomic mass is 16.5. The Hall–Kier alpha value is -2.17. The minimum Gasteiger partial charge on any atom is -0.494 e. The molecule has 0 saturated heterocycles. The van der Waals surface area contributed by atoms with Crippen molar-refractivity contribution in [3.8, 4) is 17.3 Å². The van der Waals surface area contributed by atoms with Crippen LogP contribution in [0, 0.1) is 0 Å². The monoisotopic (exact) mass is 219 g/mol. The van der Waals surface area contributed by atoms with Gasteiger partial charge in [-0.2, -0.15) is 0 Å². The fourth-order valence-electron chi connectivity index (χ4n) is 1.45. The van der Waals surface area contributed by atoms with Gasteiger partial charge in [0.25, 0.3) is 0 Å². The Morgan fingerprint density at radius 1 is 1.25 bits per heavy atom. The van der Waals surface area contributed by atoms with Gasteiger partial charge >= 0.3 is 0 Å². The smallest absolute Gasteiger partial charge is 0.231 e. The Morgan fingerprint density at radius 2 is 2.06 bits per heavy atom. The lowest BCUT2D eigenvalue weighted by atomic mass is 10.2. The van der Waals surface area contributed by atoms with Gasteiger partial charge in [0.15, 0.2) is 0 Å². The highest BCUT2D eigenvalue weighted by molar-refractivity contribution is 5.56. The molecule has 0 amide bonds. The van der Waals surface area contributed by atoms with Gasteiger partial charge in [0.1, 0.15) is 12.1 Å². The number of hydrogen-bond acceptors (Lipinski definition) is 4. The summed E-state index contributed by atoms with van der Waals surface area (Å²) < 4.78 is 12.1. The van der Waals surface area contributed by atoms with Crippen LogP contribution in [-0.2, 0) is 0 Å². The van der Waals surface area contributed by atoms with Crippen molar-refractivity contribution in [1.82, 2.24) is 9.55 Å². The van der Waals surface area contributed by atoms with Gasteiger partial charge in [0.2, 0.25) is 5.88 Å². The summed E-state index contributed by atoms with van der Waals surface area (Å²) >= 11 is 0. The molecule has 16 heavy (non-hydrogen) atoms. The standard InChI is InChI=1S/C11H13N3O2/c1-15-10-5-8(12)3-4-9(10)14-6-11(16-2)13-7-14/h3-7H,12H2,1-2H3. The van der Waals surface area contributed by atoms with E-state index in [1.165, 1.54) is 0 Å². The average molecular weight is 219 g/mol. The molecule has 0 aliphatic carbocycles. The highest BCUT2D eigenvalue weighted by Crippen LogP contribution is 2.26. The van der Waals surface area contributed by atoms with Gasteiger partial charge in [-0.3, -0.25) is 4.57 Å². The van der Waals surface area contributed by atoms with Gasteiger partial charge in [-0.1, -0.05) is 0 Å². The summed E-state index contributed by atoms with van der Waals surface area (Å²) in [6, 6.07) is 5.45. The summed E-state index contributed by atoms with van der Waals surface area (Å²) in [5.41, 5.74) is 7.21. The lowest BCUT2D eigenvalue weighted by Gasteiger charge is -2.09. The van der Waals surface area contributed by atoms with E-state index in [0.29, 0.717) is 17.3 Å². The molecule has 0 bridgehead atoms. The molecule has 2 N–H and O–H groups in total. The van der Waals surface area contributed by atoms with Crippen LogP contribution in [0.15, 0.2) is 30.7 Å². The van der Waals surface area contributed by atoms with Crippen LogP contribution in [0.4, 0.5) is 5.69 Å². The molecule has 84 valence electrons. The minimum absolute atomic E-state index is 0.555. The van der Waals surface area contributed by atoms with Gasteiger partial charge in [-0.25, -0.2) is 4.98 Å². The number of nitrogen functional groups attached to an aromatic ring is 1. The van der Waals surface area contributed by atoms with Crippen LogP contribution in [0.25, 0.3) is 5.69 Å². The Bertz CT molecular complexity index is 494. The fourth-order valence-corrected chi connectivity index (χ4v) is 1.45. The van der Waals surface area contributed by atoms with Crippen LogP contribution in [0.5, 0.6) is 11.6 Å². The summed E-state index contributed by atoms with van der Waals surface area (Å²) in [6.45, 7) is 0. The summed E-state index contributed by atoms with van der Waals surface area (Å²) in [5, 5.41) is 0. The number of anilines is 1. The molecule has 1 aromatic heterocycles. The maximum atomic E-state index is 5.68. The third-order valence-electron chi connectivity index (χ3n) is 2.25. The second kappa shape index (κ2) is 4.14. The molecule has 5 heteroatoms. The van der Waals surface area contributed by atoms with Crippen molar-refractivity contribution in [2.45, 2.75) is 0 Å². The number of ether oxygens (including phenoxy) is 2. The predicted octanol–water partition coefficient (Wildman–Crippen LogP) is 1.47. The molecule has 1 heterocycles. The van der Waals surface area contributed by atoms with Crippen molar-refractivity contribution in [2.75, 3.05) is 20.0 Å². The van der Waals surface area contributed by atoms with Crippen LogP contribution in [-0.4, -0.2) is 23.8 Å². The zero-order chi connectivity index (χ0) is 11.5. The Morgan fingerprint density at radius 3 is 2.69 bits per heavy atom. The minimum atomic E-state index is 0.555. The molecule has 0 atom stereocenters. The number of hydrogen-bond donors (Lipinski definition) is 1. The van der Waals surface area contributed by atoms with Gasteiger partial charge in [-0.15, -0.1) is 0 Å². The molecule has 2 rings (SSSR count). The van der Waals surface area contributed by atoms with Crippen molar-refractivity contribution in [2.24, 2.45) is 0 Å². The van der Waals surface area contributed by atoms with Gasteiger partial charge in [0, 0.05) is 11.8 Å². The van der Waals surface area contributed by atoms with E-state index in [0.717, 1.165) is 5.69 Å². The summed E-state index contributed by atoms with van der Waals surface area (Å²) in [6.07, 6.45) is 3.43. The molecular weight excluding hydrogens is 206 g/mol. The maximum absolute atomic E-state index is 5.68. The molecule has 0 spiro atoms. The third-order valence-corrected chi connectivity index (χ3v) is 2.25. The second-order valence-electron chi connectivity index (χ2n) is 3.25. The summed E-state index contributed by atoms with van der Waals surface area (Å²) in [5.74, 6) is 1.25. The van der Waals surface area contributed by atoms with Gasteiger partial charge in [0.05, 0.1) is 26.1 Å². The lowest BCUT2D eigenvalue weighted by Crippen LogP contribution is -1.97. The molecular formula is C11H13N3O2. The van der Waals surface area contributed by atoms with Crippen LogP contribution in [0.3, 0.4) is 0 Å². The lowest BCUT2D eigenvalue weighted by molar-refractivity contribution is 0.399. The molecule has 0 aliphatic rings. The maximum Gasteiger partial charge on any atom is 0.231 e. The van der Waals surface area contributed by atoms with E-state index in [1.807, 2.05) is 16.7 Å². The summed E-state index contributed by atoms with van der Waals surface area (Å²) in [7, 11) is 3.18. The van der Waals surface area contributed by atoms with E-state index in [1.54, 1.807) is 32.8 Å². The first-order valence-electron chi connectivity index (χ1n) is 4.76. The van der Waals surface area contributed by atoms with Crippen molar-refractivity contribution in [3.63, 3.8) is 0 Å². The zero-order valence-corrected chi connectivity index (χ0v) is 9.18. The van der Waals surface area contributed by atoms with Gasteiger partial charge < -0.3 is 15.2 Å². The summed E-state index contributed by atoms with van der Waals surface area (Å²) in [4.78, 5) is 4.06. The highest BCUT2D eigenvalue weighted by Gasteiger charge is 2.07. The van der Waals surface area contributed by atoms with E-state index in [4.69, 9.17) is 15.2 Å². The van der Waals surface area contributed by atoms with Crippen molar-refractivity contribution >= 4 is 5.69 Å². The number of nitrogens with two attached hydrogens (primary N) is 1. The van der Waals surface area contributed by atoms with E-state index >= 15 is 0 Å². The van der Waals surface area contributed by atoms with Crippen LogP contribution in [0.2, 0.25) is 0 Å². The first-order chi connectivity index (χ1) is 7.74. The van der Waals surface area contributed by atoms with E-state index in [-0.39, 0.29) is 0 Å². The number of rotatable bonds is 3. The molecule has 0 unspecified atom stereocenters. The Kier molecular flexibility index (Phi) is 2.68. The van der Waals surface area contributed by atoms with E-state index < -0.39 is 0 Å². The molecule has 2 aromatic rings. The largest absolute Gasteiger partial charge is 0.494 e. The molecule has 5 nitrogen and oxygen atoms in total. The first-order valence-corrected chi connectivity index (χ1v) is 4.76. The van der Waals surface area contributed by atoms with Crippen LogP contribution < -0.4 is 15.2 Å². The Labute approximate surface area is 93.4 Å². The number of aromatic nitrogens is 2. The van der Waals surface area contributed by atoms with Crippen LogP contribution >= 0.6 is 0 Å². The van der Waals surface area contributed by atoms with Crippen molar-refractivity contribution in [1.29, 1.82) is 0 Å². The molecule has 0 aliphatic heterocycles. The zero-order valence-electron chi connectivity index (χ0n) is 9.18. The van der Waals surface area contributed by atoms with E-state index in [9.17, 15) is 0 Å². The topological polar surface area (TPSA) is 62.3 Å². The number of benzene rings is 1. The molecule has 1 aromatic carbocycles. The quantitative estimate of drug-likeness (QED) is 0.794. The fraction of sp³-hybridized carbons (Fsp3) is 0.182. The number of methoxy groups -OCH3 is 2. The normalized spacial score (nSPS) is 10.1. The SMILES string of the molecule is COc1cn(-c2ccc(N)cc2OC)cn1. The molecule has 0 saturated carbocycles. The molecule has 0 radical (unpaired) electrons. The average Bonchev–Trinajstić information content (AvgIpc) is 2.77. The predicted molar refractivity (Wildman–Crippen MR) is 61.1 cm³/mol. The second-order valence-corrected chi connectivity index (χ2v) is 3.25. The number of imidazole rings is 1. The van der Waals surface area contributed by atoms with Crippen molar-refractivity contribution in [3.05, 3.63) is 30.7 Å². The van der Waals surface area contributed by atoms with E-state index in [2.05, 4.69) is 4.98 Å². The number of nitrogens with zero attached hydrogens (tertiary/aromatic N) is 2. The molecule has 0 fully saturated rings. The third kappa shape index (κ3) is 1.79.